The van der Waals surface area contributed by atoms with Crippen molar-refractivity contribution in [1.29, 1.82) is 0 Å². The van der Waals surface area contributed by atoms with Gasteiger partial charge in [0.1, 0.15) is 0 Å². The summed E-state index contributed by atoms with van der Waals surface area (Å²) in [6.45, 7) is 11.4. The molecule has 114 valence electrons. The molecule has 5 heteroatoms. The maximum Gasteiger partial charge on any atom is 0.0474 e. The van der Waals surface area contributed by atoms with E-state index >= 15 is 0 Å². The molecule has 0 unspecified atom stereocenters. The minimum absolute atomic E-state index is 0.859. The Morgan fingerprint density at radius 1 is 1.00 bits per heavy atom. The molecule has 1 aliphatic heterocycles. The molecule has 0 aromatic heterocycles. The highest BCUT2D eigenvalue weighted by molar-refractivity contribution is 4.72. The molecule has 1 heterocycles. The molecular weight excluding hydrogens is 240 g/mol. The maximum atomic E-state index is 5.03. The minimum atomic E-state index is 0.859. The van der Waals surface area contributed by atoms with Crippen molar-refractivity contribution >= 4 is 0 Å². The summed E-state index contributed by atoms with van der Waals surface area (Å²) in [5.41, 5.74) is 0. The lowest BCUT2D eigenvalue weighted by atomic mass is 10.3. The summed E-state index contributed by atoms with van der Waals surface area (Å²) in [5, 5.41) is 3.48. The monoisotopic (exact) mass is 272 g/mol. The van der Waals surface area contributed by atoms with Crippen LogP contribution in [0.25, 0.3) is 0 Å². The standard InChI is InChI=1S/C14H32N4O/c1-16(2)8-9-18-12-10-17(11-13-18)7-6-15-5-4-14-19-3/h15H,4-14H2,1-3H3. The first-order valence-electron chi connectivity index (χ1n) is 7.51. The number of hydrogen-bond acceptors (Lipinski definition) is 5. The third-order valence-corrected chi connectivity index (χ3v) is 3.64. The van der Waals surface area contributed by atoms with E-state index in [9.17, 15) is 0 Å². The third-order valence-electron chi connectivity index (χ3n) is 3.64. The van der Waals surface area contributed by atoms with Gasteiger partial charge in [-0.15, -0.1) is 0 Å². The normalized spacial score (nSPS) is 18.3. The van der Waals surface area contributed by atoms with Crippen molar-refractivity contribution in [3.8, 4) is 0 Å². The molecule has 1 saturated heterocycles. The molecule has 5 nitrogen and oxygen atoms in total. The van der Waals surface area contributed by atoms with Gasteiger partial charge in [-0.25, -0.2) is 0 Å². The topological polar surface area (TPSA) is 31.0 Å². The number of methoxy groups -OCH3 is 1. The van der Waals surface area contributed by atoms with Crippen molar-refractivity contribution in [1.82, 2.24) is 20.0 Å². The Bertz CT molecular complexity index is 206. The van der Waals surface area contributed by atoms with E-state index in [-0.39, 0.29) is 0 Å². The van der Waals surface area contributed by atoms with E-state index in [4.69, 9.17) is 4.74 Å². The van der Waals surface area contributed by atoms with Crippen LogP contribution in [0.15, 0.2) is 0 Å². The molecule has 1 rings (SSSR count). The average Bonchev–Trinajstić information content (AvgIpc) is 2.41. The van der Waals surface area contributed by atoms with Crippen LogP contribution in [0.3, 0.4) is 0 Å². The molecule has 1 N–H and O–H groups in total. The van der Waals surface area contributed by atoms with Gasteiger partial charge in [-0.05, 0) is 27.1 Å². The van der Waals surface area contributed by atoms with Crippen LogP contribution in [0.5, 0.6) is 0 Å². The van der Waals surface area contributed by atoms with Gasteiger partial charge in [0.15, 0.2) is 0 Å². The van der Waals surface area contributed by atoms with Gasteiger partial charge in [0, 0.05) is 66.1 Å². The molecule has 0 bridgehead atoms. The van der Waals surface area contributed by atoms with E-state index in [0.717, 1.165) is 26.1 Å². The first-order chi connectivity index (χ1) is 9.22. The Balaban J connectivity index is 1.94. The molecule has 0 atom stereocenters. The van der Waals surface area contributed by atoms with Crippen LogP contribution >= 0.6 is 0 Å². The summed E-state index contributed by atoms with van der Waals surface area (Å²) in [6, 6.07) is 0. The van der Waals surface area contributed by atoms with Crippen LogP contribution in [0.1, 0.15) is 6.42 Å². The van der Waals surface area contributed by atoms with Gasteiger partial charge < -0.3 is 15.0 Å². The molecule has 0 amide bonds. The Morgan fingerprint density at radius 3 is 2.21 bits per heavy atom. The fourth-order valence-corrected chi connectivity index (χ4v) is 2.28. The minimum Gasteiger partial charge on any atom is -0.385 e. The average molecular weight is 272 g/mol. The van der Waals surface area contributed by atoms with Crippen LogP contribution in [0.2, 0.25) is 0 Å². The second kappa shape index (κ2) is 10.6. The van der Waals surface area contributed by atoms with Crippen LogP contribution in [-0.2, 0) is 4.74 Å². The molecule has 1 fully saturated rings. The largest absolute Gasteiger partial charge is 0.385 e. The predicted octanol–water partition coefficient (Wildman–Crippen LogP) is -0.208. The van der Waals surface area contributed by atoms with Gasteiger partial charge in [-0.2, -0.15) is 0 Å². The lowest BCUT2D eigenvalue weighted by molar-refractivity contribution is 0.125. The van der Waals surface area contributed by atoms with Gasteiger partial charge in [0.05, 0.1) is 0 Å². The molecule has 0 saturated carbocycles. The number of rotatable bonds is 10. The van der Waals surface area contributed by atoms with Crippen molar-refractivity contribution in [3.05, 3.63) is 0 Å². The molecule has 0 aromatic carbocycles. The number of likely N-dealkylation sites (N-methyl/N-ethyl adjacent to an activating group) is 1. The first kappa shape index (κ1) is 16.9. The first-order valence-corrected chi connectivity index (χ1v) is 7.51. The highest BCUT2D eigenvalue weighted by Gasteiger charge is 2.15. The van der Waals surface area contributed by atoms with E-state index in [0.29, 0.717) is 0 Å². The van der Waals surface area contributed by atoms with Crippen LogP contribution in [-0.4, -0.2) is 101 Å². The molecule has 0 aliphatic carbocycles. The highest BCUT2D eigenvalue weighted by atomic mass is 16.5. The van der Waals surface area contributed by atoms with Gasteiger partial charge in [-0.1, -0.05) is 0 Å². The number of ether oxygens (including phenoxy) is 1. The zero-order valence-corrected chi connectivity index (χ0v) is 13.0. The second-order valence-corrected chi connectivity index (χ2v) is 5.58. The Kier molecular flexibility index (Phi) is 9.38. The molecule has 19 heavy (non-hydrogen) atoms. The SMILES string of the molecule is COCCCNCCN1CCN(CCN(C)C)CC1. The molecule has 0 spiro atoms. The molecule has 0 radical (unpaired) electrons. The zero-order chi connectivity index (χ0) is 13.9. The van der Waals surface area contributed by atoms with Crippen molar-refractivity contribution in [3.63, 3.8) is 0 Å². The molecule has 0 aromatic rings. The summed E-state index contributed by atoms with van der Waals surface area (Å²) in [4.78, 5) is 7.40. The van der Waals surface area contributed by atoms with E-state index < -0.39 is 0 Å². The van der Waals surface area contributed by atoms with E-state index in [2.05, 4.69) is 34.1 Å². The molecule has 1 aliphatic rings. The Hall–Kier alpha value is -0.200. The van der Waals surface area contributed by atoms with Gasteiger partial charge in [-0.3, -0.25) is 9.80 Å². The van der Waals surface area contributed by atoms with Crippen molar-refractivity contribution < 1.29 is 4.74 Å². The number of piperazine rings is 1. The number of nitrogens with zero attached hydrogens (tertiary/aromatic N) is 3. The smallest absolute Gasteiger partial charge is 0.0474 e. The summed E-state index contributed by atoms with van der Waals surface area (Å²) < 4.78 is 5.03. The summed E-state index contributed by atoms with van der Waals surface area (Å²) >= 11 is 0. The van der Waals surface area contributed by atoms with Gasteiger partial charge in [0.2, 0.25) is 0 Å². The van der Waals surface area contributed by atoms with Gasteiger partial charge >= 0.3 is 0 Å². The quantitative estimate of drug-likeness (QED) is 0.556. The summed E-state index contributed by atoms with van der Waals surface area (Å²) in [7, 11) is 6.05. The van der Waals surface area contributed by atoms with Crippen LogP contribution in [0.4, 0.5) is 0 Å². The summed E-state index contributed by atoms with van der Waals surface area (Å²) in [6.07, 6.45) is 1.11. The Morgan fingerprint density at radius 2 is 1.63 bits per heavy atom. The van der Waals surface area contributed by atoms with Crippen molar-refractivity contribution in [2.75, 3.05) is 86.7 Å². The predicted molar refractivity (Wildman–Crippen MR) is 80.8 cm³/mol. The lowest BCUT2D eigenvalue weighted by Crippen LogP contribution is -2.49. The fraction of sp³-hybridized carbons (Fsp3) is 1.00. The van der Waals surface area contributed by atoms with Crippen molar-refractivity contribution in [2.45, 2.75) is 6.42 Å². The number of hydrogen-bond donors (Lipinski definition) is 1. The van der Waals surface area contributed by atoms with Crippen molar-refractivity contribution in [2.24, 2.45) is 0 Å². The Labute approximate surface area is 118 Å². The lowest BCUT2D eigenvalue weighted by Gasteiger charge is -2.35. The highest BCUT2D eigenvalue weighted by Crippen LogP contribution is 2.00. The maximum absolute atomic E-state index is 5.03. The zero-order valence-electron chi connectivity index (χ0n) is 13.0. The molecular formula is C14H32N4O. The summed E-state index contributed by atoms with van der Waals surface area (Å²) in [5.74, 6) is 0. The number of nitrogens with one attached hydrogen (secondary N) is 1. The van der Waals surface area contributed by atoms with Crippen LogP contribution in [0, 0.1) is 0 Å². The second-order valence-electron chi connectivity index (χ2n) is 5.58. The third kappa shape index (κ3) is 8.55. The van der Waals surface area contributed by atoms with Gasteiger partial charge in [0.25, 0.3) is 0 Å². The van der Waals surface area contributed by atoms with Crippen LogP contribution < -0.4 is 5.32 Å². The van der Waals surface area contributed by atoms with E-state index in [1.54, 1.807) is 7.11 Å². The van der Waals surface area contributed by atoms with E-state index in [1.807, 2.05) is 0 Å². The fourth-order valence-electron chi connectivity index (χ4n) is 2.28. The van der Waals surface area contributed by atoms with E-state index in [1.165, 1.54) is 45.8 Å².